The Bertz CT molecular complexity index is 312. The summed E-state index contributed by atoms with van der Waals surface area (Å²) in [6.07, 6.45) is 5.58. The molecule has 0 aromatic rings. The predicted octanol–water partition coefficient (Wildman–Crippen LogP) is 0.681. The van der Waals surface area contributed by atoms with Gasteiger partial charge in [-0.05, 0) is 0 Å². The minimum absolute atomic E-state index is 0.399. The zero-order valence-electron chi connectivity index (χ0n) is 5.76. The highest BCUT2D eigenvalue weighted by atomic mass is 16.6. The quantitative estimate of drug-likeness (QED) is 0.343. The van der Waals surface area contributed by atoms with Gasteiger partial charge >= 0.3 is 11.4 Å². The van der Waals surface area contributed by atoms with Gasteiger partial charge in [-0.3, -0.25) is 20.2 Å². The van der Waals surface area contributed by atoms with E-state index in [1.54, 1.807) is 0 Å². The molecule has 0 atom stereocenters. The molecule has 0 amide bonds. The molecule has 0 aromatic carbocycles. The summed E-state index contributed by atoms with van der Waals surface area (Å²) in [6.45, 7) is 0. The molecule has 6 heteroatoms. The van der Waals surface area contributed by atoms with Crippen LogP contribution in [0.3, 0.4) is 0 Å². The Labute approximate surface area is 66.8 Å². The van der Waals surface area contributed by atoms with E-state index in [9.17, 15) is 20.2 Å². The summed E-state index contributed by atoms with van der Waals surface area (Å²) in [5.41, 5.74) is -0.798. The van der Waals surface area contributed by atoms with E-state index in [1.165, 1.54) is 6.08 Å². The van der Waals surface area contributed by atoms with Crippen molar-refractivity contribution in [1.82, 2.24) is 0 Å². The van der Waals surface area contributed by atoms with Crippen LogP contribution < -0.4 is 0 Å². The van der Waals surface area contributed by atoms with Gasteiger partial charge in [0.15, 0.2) is 0 Å². The maximum Gasteiger partial charge on any atom is 0.434 e. The minimum Gasteiger partial charge on any atom is -0.256 e. The molecule has 12 heavy (non-hydrogen) atoms. The van der Waals surface area contributed by atoms with Crippen LogP contribution in [0.4, 0.5) is 0 Å². The molecule has 0 heterocycles. The highest BCUT2D eigenvalue weighted by Crippen LogP contribution is 2.10. The summed E-state index contributed by atoms with van der Waals surface area (Å²) >= 11 is 0. The van der Waals surface area contributed by atoms with Gasteiger partial charge in [0.05, 0.1) is 6.08 Å². The number of rotatable bonds is 2. The number of hydrogen-bond acceptors (Lipinski definition) is 4. The molecule has 1 aliphatic carbocycles. The van der Waals surface area contributed by atoms with Crippen LogP contribution >= 0.6 is 0 Å². The standard InChI is InChI=1S/C6H3N2O4/c9-7(10)5-2-1-3-6(4-5)8(11)12/h1-3H/q+1. The summed E-state index contributed by atoms with van der Waals surface area (Å²) in [7, 11) is 0. The van der Waals surface area contributed by atoms with Crippen molar-refractivity contribution >= 4 is 0 Å². The van der Waals surface area contributed by atoms with Crippen LogP contribution in [0.2, 0.25) is 0 Å². The molecule has 0 bridgehead atoms. The molecule has 0 N–H and O–H groups in total. The van der Waals surface area contributed by atoms with Crippen LogP contribution in [0.15, 0.2) is 29.6 Å². The van der Waals surface area contributed by atoms with Gasteiger partial charge in [-0.15, -0.1) is 0 Å². The molecule has 0 aromatic heterocycles. The Kier molecular flexibility index (Phi) is 1.94. The van der Waals surface area contributed by atoms with Gasteiger partial charge in [-0.1, -0.05) is 0 Å². The van der Waals surface area contributed by atoms with Crippen molar-refractivity contribution in [2.75, 3.05) is 0 Å². The van der Waals surface area contributed by atoms with E-state index in [2.05, 4.69) is 0 Å². The summed E-state index contributed by atoms with van der Waals surface area (Å²) < 4.78 is 0. The average molecular weight is 167 g/mol. The topological polar surface area (TPSA) is 86.3 Å². The van der Waals surface area contributed by atoms with E-state index in [0.717, 1.165) is 12.2 Å². The molecule has 0 aliphatic heterocycles. The number of allylic oxidation sites excluding steroid dienone is 4. The number of nitrogens with zero attached hydrogens (tertiary/aromatic N) is 2. The summed E-state index contributed by atoms with van der Waals surface area (Å²) in [6, 6.07) is 0. The number of hydrogen-bond donors (Lipinski definition) is 0. The molecule has 0 saturated heterocycles. The maximum absolute atomic E-state index is 10.1. The van der Waals surface area contributed by atoms with Crippen LogP contribution in [0.1, 0.15) is 0 Å². The van der Waals surface area contributed by atoms with Crippen molar-refractivity contribution in [3.05, 3.63) is 55.9 Å². The van der Waals surface area contributed by atoms with Crippen molar-refractivity contribution in [1.29, 1.82) is 0 Å². The van der Waals surface area contributed by atoms with E-state index < -0.39 is 21.2 Å². The van der Waals surface area contributed by atoms with Crippen molar-refractivity contribution in [2.45, 2.75) is 0 Å². The first kappa shape index (κ1) is 8.03. The van der Waals surface area contributed by atoms with E-state index >= 15 is 0 Å². The van der Waals surface area contributed by atoms with Crippen molar-refractivity contribution in [2.24, 2.45) is 0 Å². The molecule has 0 radical (unpaired) electrons. The number of nitro groups is 2. The lowest BCUT2D eigenvalue weighted by atomic mass is 10.2. The second-order valence-electron chi connectivity index (χ2n) is 1.94. The average Bonchev–Trinajstić information content (AvgIpc) is 2.04. The van der Waals surface area contributed by atoms with E-state index in [1.807, 2.05) is 6.08 Å². The lowest BCUT2D eigenvalue weighted by molar-refractivity contribution is -0.433. The maximum atomic E-state index is 10.1. The fraction of sp³-hybridized carbons (Fsp3) is 0. The van der Waals surface area contributed by atoms with Gasteiger partial charge in [-0.2, -0.15) is 0 Å². The molecule has 1 aliphatic rings. The highest BCUT2D eigenvalue weighted by molar-refractivity contribution is 5.27. The smallest absolute Gasteiger partial charge is 0.256 e. The van der Waals surface area contributed by atoms with Gasteiger partial charge < -0.3 is 0 Å². The summed E-state index contributed by atoms with van der Waals surface area (Å²) in [4.78, 5) is 18.8. The Morgan fingerprint density at radius 1 is 1.25 bits per heavy atom. The van der Waals surface area contributed by atoms with Crippen LogP contribution in [0, 0.1) is 26.3 Å². The predicted molar refractivity (Wildman–Crippen MR) is 38.0 cm³/mol. The molecule has 0 saturated carbocycles. The lowest BCUT2D eigenvalue weighted by Gasteiger charge is -1.85. The van der Waals surface area contributed by atoms with Crippen molar-refractivity contribution < 1.29 is 9.85 Å². The van der Waals surface area contributed by atoms with E-state index in [4.69, 9.17) is 0 Å². The zero-order valence-corrected chi connectivity index (χ0v) is 5.76. The zero-order chi connectivity index (χ0) is 9.14. The molecular weight excluding hydrogens is 164 g/mol. The second-order valence-corrected chi connectivity index (χ2v) is 1.94. The van der Waals surface area contributed by atoms with E-state index in [-0.39, 0.29) is 0 Å². The van der Waals surface area contributed by atoms with Crippen molar-refractivity contribution in [3.8, 4) is 0 Å². The monoisotopic (exact) mass is 167 g/mol. The highest BCUT2D eigenvalue weighted by Gasteiger charge is 2.28. The molecular formula is C6H3N2O4+. The van der Waals surface area contributed by atoms with Gasteiger partial charge in [0, 0.05) is 0 Å². The SMILES string of the molecule is O=[N+]([O-])C1=[C+]C([N+](=O)[O-])=CC=C1. The van der Waals surface area contributed by atoms with Gasteiger partial charge in [0.1, 0.15) is 22.0 Å². The second kappa shape index (κ2) is 2.89. The Morgan fingerprint density at radius 3 is 2.42 bits per heavy atom. The fourth-order valence-corrected chi connectivity index (χ4v) is 0.658. The van der Waals surface area contributed by atoms with Gasteiger partial charge in [0.25, 0.3) is 0 Å². The fourth-order valence-electron chi connectivity index (χ4n) is 0.658. The molecule has 0 fully saturated rings. The van der Waals surface area contributed by atoms with Crippen LogP contribution in [-0.4, -0.2) is 9.85 Å². The Hall–Kier alpha value is -2.07. The van der Waals surface area contributed by atoms with Crippen LogP contribution in [0.25, 0.3) is 0 Å². The molecule has 0 spiro atoms. The first-order chi connectivity index (χ1) is 5.61. The Balaban J connectivity index is 2.99. The normalized spacial score (nSPS) is 14.3. The van der Waals surface area contributed by atoms with Crippen LogP contribution in [-0.2, 0) is 0 Å². The lowest BCUT2D eigenvalue weighted by Crippen LogP contribution is -2.04. The summed E-state index contributed by atoms with van der Waals surface area (Å²) in [5, 5.41) is 20.3. The van der Waals surface area contributed by atoms with Crippen LogP contribution in [0.5, 0.6) is 0 Å². The first-order valence-electron chi connectivity index (χ1n) is 2.92. The molecule has 0 unspecified atom stereocenters. The van der Waals surface area contributed by atoms with Crippen molar-refractivity contribution in [3.63, 3.8) is 0 Å². The molecule has 1 rings (SSSR count). The molecule has 60 valence electrons. The third kappa shape index (κ3) is 1.50. The minimum atomic E-state index is -0.729. The summed E-state index contributed by atoms with van der Waals surface area (Å²) in [5.74, 6) is 0. The Morgan fingerprint density at radius 2 is 1.92 bits per heavy atom. The third-order valence-electron chi connectivity index (χ3n) is 1.16. The van der Waals surface area contributed by atoms with E-state index in [0.29, 0.717) is 0 Å². The first-order valence-corrected chi connectivity index (χ1v) is 2.92. The largest absolute Gasteiger partial charge is 0.434 e. The van der Waals surface area contributed by atoms with Gasteiger partial charge in [0.2, 0.25) is 6.08 Å². The molecule has 6 nitrogen and oxygen atoms in total. The van der Waals surface area contributed by atoms with Gasteiger partial charge in [-0.25, -0.2) is 0 Å². The third-order valence-corrected chi connectivity index (χ3v) is 1.16.